The maximum Gasteiger partial charge on any atom is 0.273 e. The SMILES string of the molecule is CCCCC1=NNC(=O)C1=Cc1c(CCCC)[nH][nH]c1=O. The average molecular weight is 290 g/mol. The van der Waals surface area contributed by atoms with E-state index in [2.05, 4.69) is 34.6 Å². The predicted molar refractivity (Wildman–Crippen MR) is 83.1 cm³/mol. The number of aromatic amines is 2. The van der Waals surface area contributed by atoms with Crippen LogP contribution in [0.4, 0.5) is 0 Å². The zero-order valence-corrected chi connectivity index (χ0v) is 12.6. The number of hydrogen-bond donors (Lipinski definition) is 3. The number of carbonyl (C=O) groups excluding carboxylic acids is 1. The van der Waals surface area contributed by atoms with Crippen molar-refractivity contribution in [2.75, 3.05) is 0 Å². The highest BCUT2D eigenvalue weighted by Gasteiger charge is 2.23. The Balaban J connectivity index is 2.29. The van der Waals surface area contributed by atoms with Gasteiger partial charge in [-0.3, -0.25) is 14.7 Å². The third-order valence-electron chi connectivity index (χ3n) is 3.58. The van der Waals surface area contributed by atoms with Crippen LogP contribution in [-0.4, -0.2) is 21.8 Å². The van der Waals surface area contributed by atoms with E-state index in [-0.39, 0.29) is 11.5 Å². The minimum absolute atomic E-state index is 0.192. The molecule has 0 unspecified atom stereocenters. The third kappa shape index (κ3) is 3.51. The molecule has 21 heavy (non-hydrogen) atoms. The number of aromatic nitrogens is 2. The minimum Gasteiger partial charge on any atom is -0.302 e. The summed E-state index contributed by atoms with van der Waals surface area (Å²) >= 11 is 0. The van der Waals surface area contributed by atoms with Crippen LogP contribution in [0.3, 0.4) is 0 Å². The summed E-state index contributed by atoms with van der Waals surface area (Å²) in [7, 11) is 0. The van der Waals surface area contributed by atoms with Crippen LogP contribution in [0.15, 0.2) is 15.5 Å². The van der Waals surface area contributed by atoms with Crippen molar-refractivity contribution < 1.29 is 4.79 Å². The van der Waals surface area contributed by atoms with Crippen molar-refractivity contribution in [1.82, 2.24) is 15.6 Å². The molecule has 0 bridgehead atoms. The van der Waals surface area contributed by atoms with Gasteiger partial charge in [0.05, 0.1) is 16.8 Å². The molecule has 2 heterocycles. The Hall–Kier alpha value is -2.11. The molecule has 1 aromatic heterocycles. The highest BCUT2D eigenvalue weighted by Crippen LogP contribution is 2.16. The van der Waals surface area contributed by atoms with Crippen molar-refractivity contribution in [3.8, 4) is 0 Å². The fourth-order valence-electron chi connectivity index (χ4n) is 2.31. The molecule has 2 rings (SSSR count). The number of rotatable bonds is 7. The van der Waals surface area contributed by atoms with E-state index in [9.17, 15) is 9.59 Å². The molecule has 0 aromatic carbocycles. The van der Waals surface area contributed by atoms with E-state index < -0.39 is 0 Å². The van der Waals surface area contributed by atoms with Crippen molar-refractivity contribution in [2.45, 2.75) is 52.4 Å². The van der Waals surface area contributed by atoms with E-state index in [0.717, 1.165) is 49.9 Å². The number of nitrogens with zero attached hydrogens (tertiary/aromatic N) is 1. The molecule has 0 saturated heterocycles. The number of nitrogens with one attached hydrogen (secondary N) is 3. The summed E-state index contributed by atoms with van der Waals surface area (Å²) in [5, 5.41) is 9.56. The van der Waals surface area contributed by atoms with Gasteiger partial charge in [0.15, 0.2) is 0 Å². The smallest absolute Gasteiger partial charge is 0.273 e. The van der Waals surface area contributed by atoms with Gasteiger partial charge in [-0.05, 0) is 31.8 Å². The largest absolute Gasteiger partial charge is 0.302 e. The van der Waals surface area contributed by atoms with Gasteiger partial charge in [0.25, 0.3) is 11.5 Å². The monoisotopic (exact) mass is 290 g/mol. The molecule has 3 N–H and O–H groups in total. The first-order valence-corrected chi connectivity index (χ1v) is 7.55. The molecule has 0 radical (unpaired) electrons. The highest BCUT2D eigenvalue weighted by molar-refractivity contribution is 6.27. The summed E-state index contributed by atoms with van der Waals surface area (Å²) in [6.45, 7) is 4.19. The Bertz CT molecular complexity index is 622. The quantitative estimate of drug-likeness (QED) is 0.671. The van der Waals surface area contributed by atoms with Crippen molar-refractivity contribution in [1.29, 1.82) is 0 Å². The van der Waals surface area contributed by atoms with Crippen LogP contribution < -0.4 is 11.0 Å². The number of H-pyrrole nitrogens is 2. The number of aryl methyl sites for hydroxylation is 1. The summed E-state index contributed by atoms with van der Waals surface area (Å²) in [6.07, 6.45) is 7.24. The van der Waals surface area contributed by atoms with E-state index in [4.69, 9.17) is 0 Å². The Kier molecular flexibility index (Phi) is 5.14. The normalized spacial score (nSPS) is 16.4. The van der Waals surface area contributed by atoms with Gasteiger partial charge < -0.3 is 5.10 Å². The fraction of sp³-hybridized carbons (Fsp3) is 0.533. The highest BCUT2D eigenvalue weighted by atomic mass is 16.2. The Labute approximate surface area is 123 Å². The zero-order chi connectivity index (χ0) is 15.2. The van der Waals surface area contributed by atoms with E-state index in [1.807, 2.05) is 0 Å². The van der Waals surface area contributed by atoms with Crippen LogP contribution in [-0.2, 0) is 11.2 Å². The van der Waals surface area contributed by atoms with Crippen molar-refractivity contribution in [2.24, 2.45) is 5.10 Å². The molecule has 0 spiro atoms. The van der Waals surface area contributed by atoms with Gasteiger partial charge in [-0.15, -0.1) is 0 Å². The van der Waals surface area contributed by atoms with Crippen molar-refractivity contribution >= 4 is 17.7 Å². The predicted octanol–water partition coefficient (Wildman–Crippen LogP) is 2.10. The molecule has 114 valence electrons. The Morgan fingerprint density at radius 2 is 1.76 bits per heavy atom. The summed E-state index contributed by atoms with van der Waals surface area (Å²) in [6, 6.07) is 0. The summed E-state index contributed by atoms with van der Waals surface area (Å²) in [5.41, 5.74) is 4.93. The average Bonchev–Trinajstić information content (AvgIpc) is 3.00. The number of hydrogen-bond acceptors (Lipinski definition) is 3. The maximum absolute atomic E-state index is 11.9. The first kappa shape index (κ1) is 15.3. The lowest BCUT2D eigenvalue weighted by Crippen LogP contribution is -2.14. The molecule has 6 nitrogen and oxygen atoms in total. The second-order valence-electron chi connectivity index (χ2n) is 5.24. The lowest BCUT2D eigenvalue weighted by Gasteiger charge is -2.01. The van der Waals surface area contributed by atoms with Crippen LogP contribution in [0.1, 0.15) is 57.2 Å². The lowest BCUT2D eigenvalue weighted by atomic mass is 10.0. The topological polar surface area (TPSA) is 90.1 Å². The summed E-state index contributed by atoms with van der Waals surface area (Å²) < 4.78 is 0. The first-order chi connectivity index (χ1) is 10.2. The molecule has 0 atom stereocenters. The molecule has 0 aliphatic carbocycles. The summed E-state index contributed by atoms with van der Waals surface area (Å²) in [5.74, 6) is -0.233. The van der Waals surface area contributed by atoms with Gasteiger partial charge in [0.1, 0.15) is 0 Å². The van der Waals surface area contributed by atoms with Crippen LogP contribution in [0.5, 0.6) is 0 Å². The first-order valence-electron chi connectivity index (χ1n) is 7.55. The summed E-state index contributed by atoms with van der Waals surface area (Å²) in [4.78, 5) is 23.8. The lowest BCUT2D eigenvalue weighted by molar-refractivity contribution is -0.116. The van der Waals surface area contributed by atoms with Crippen LogP contribution in [0, 0.1) is 0 Å². The van der Waals surface area contributed by atoms with E-state index >= 15 is 0 Å². The van der Waals surface area contributed by atoms with E-state index in [1.165, 1.54) is 0 Å². The number of hydrazone groups is 1. The standard InChI is InChI=1S/C15H22N4O2/c1-3-5-7-12-10(14(20)18-16-12)9-11-13(8-6-4-2)17-19-15(11)21/h9H,3-8H2,1-2H3,(H,18,20)(H2,17,19,21). The Morgan fingerprint density at radius 1 is 1.05 bits per heavy atom. The number of unbranched alkanes of at least 4 members (excludes halogenated alkanes) is 2. The molecule has 6 heteroatoms. The van der Waals surface area contributed by atoms with Gasteiger partial charge >= 0.3 is 0 Å². The molecule has 0 saturated carbocycles. The second-order valence-corrected chi connectivity index (χ2v) is 5.24. The van der Waals surface area contributed by atoms with Gasteiger partial charge in [0, 0.05) is 5.69 Å². The third-order valence-corrected chi connectivity index (χ3v) is 3.58. The van der Waals surface area contributed by atoms with Crippen LogP contribution >= 0.6 is 0 Å². The molecule has 1 aliphatic heterocycles. The van der Waals surface area contributed by atoms with E-state index in [1.54, 1.807) is 6.08 Å². The molecule has 1 aliphatic rings. The molecular weight excluding hydrogens is 268 g/mol. The van der Waals surface area contributed by atoms with E-state index in [0.29, 0.717) is 11.1 Å². The number of amides is 1. The second kappa shape index (κ2) is 7.06. The Morgan fingerprint density at radius 3 is 2.48 bits per heavy atom. The van der Waals surface area contributed by atoms with Crippen LogP contribution in [0.25, 0.3) is 6.08 Å². The number of carbonyl (C=O) groups is 1. The van der Waals surface area contributed by atoms with Gasteiger partial charge in [0.2, 0.25) is 0 Å². The molecule has 0 fully saturated rings. The van der Waals surface area contributed by atoms with Crippen LogP contribution in [0.2, 0.25) is 0 Å². The van der Waals surface area contributed by atoms with Gasteiger partial charge in [-0.1, -0.05) is 26.7 Å². The van der Waals surface area contributed by atoms with Crippen molar-refractivity contribution in [3.63, 3.8) is 0 Å². The fourth-order valence-corrected chi connectivity index (χ4v) is 2.31. The minimum atomic E-state index is -0.233. The van der Waals surface area contributed by atoms with Crippen molar-refractivity contribution in [3.05, 3.63) is 27.2 Å². The van der Waals surface area contributed by atoms with Gasteiger partial charge in [-0.25, -0.2) is 5.43 Å². The van der Waals surface area contributed by atoms with Gasteiger partial charge in [-0.2, -0.15) is 5.10 Å². The maximum atomic E-state index is 11.9. The molecule has 1 amide bonds. The molecule has 1 aromatic rings. The molecular formula is C15H22N4O2. The zero-order valence-electron chi connectivity index (χ0n) is 12.6.